The van der Waals surface area contributed by atoms with Crippen LogP contribution in [0.1, 0.15) is 44.5 Å². The molecular formula is C26H29BrFN3O2S. The number of fused-ring (bicyclic) bond motifs is 2. The van der Waals surface area contributed by atoms with Crippen LogP contribution in [0.3, 0.4) is 0 Å². The Labute approximate surface area is 212 Å². The van der Waals surface area contributed by atoms with Crippen molar-refractivity contribution in [2.75, 3.05) is 12.4 Å². The predicted octanol–water partition coefficient (Wildman–Crippen LogP) is 6.93. The van der Waals surface area contributed by atoms with Gasteiger partial charge in [-0.3, -0.25) is 4.57 Å². The minimum atomic E-state index is -0.366. The molecule has 2 aromatic carbocycles. The molecule has 0 spiro atoms. The van der Waals surface area contributed by atoms with E-state index in [1.807, 2.05) is 24.3 Å². The van der Waals surface area contributed by atoms with Crippen LogP contribution >= 0.6 is 27.7 Å². The summed E-state index contributed by atoms with van der Waals surface area (Å²) in [6.45, 7) is 3.04. The summed E-state index contributed by atoms with van der Waals surface area (Å²) in [5, 5.41) is 9.84. The average molecular weight is 547 g/mol. The number of hydrogen-bond acceptors (Lipinski definition) is 5. The van der Waals surface area contributed by atoms with Crippen molar-refractivity contribution in [3.8, 4) is 11.5 Å². The molecule has 2 saturated carbocycles. The monoisotopic (exact) mass is 545 g/mol. The number of hydrogen-bond donors (Lipinski definition) is 0. The maximum atomic E-state index is 14.1. The lowest BCUT2D eigenvalue weighted by Gasteiger charge is -2.30. The summed E-state index contributed by atoms with van der Waals surface area (Å²) in [5.74, 6) is 4.49. The first-order valence-electron chi connectivity index (χ1n) is 11.9. The SMILES string of the molecule is C[C@@H]([C@H]1C[C@@H]2CC[C@@H]1C2)n1c(COc2ccccc2F)nnc1SCCOc1ccc(Br)cc1. The van der Waals surface area contributed by atoms with E-state index in [9.17, 15) is 4.39 Å². The second-order valence-corrected chi connectivity index (χ2v) is 11.2. The van der Waals surface area contributed by atoms with Crippen LogP contribution in [0.2, 0.25) is 0 Å². The van der Waals surface area contributed by atoms with Gasteiger partial charge in [-0.15, -0.1) is 10.2 Å². The fraction of sp³-hybridized carbons (Fsp3) is 0.462. The Balaban J connectivity index is 1.28. The molecule has 0 saturated heterocycles. The molecule has 5 nitrogen and oxygen atoms in total. The van der Waals surface area contributed by atoms with Crippen LogP contribution in [0.15, 0.2) is 58.2 Å². The van der Waals surface area contributed by atoms with Crippen molar-refractivity contribution in [2.24, 2.45) is 17.8 Å². The van der Waals surface area contributed by atoms with Gasteiger partial charge in [0.05, 0.1) is 6.61 Å². The molecule has 0 unspecified atom stereocenters. The zero-order valence-corrected chi connectivity index (χ0v) is 21.6. The van der Waals surface area contributed by atoms with Gasteiger partial charge in [-0.25, -0.2) is 4.39 Å². The van der Waals surface area contributed by atoms with E-state index in [0.717, 1.165) is 38.8 Å². The first kappa shape index (κ1) is 23.7. The number of benzene rings is 2. The van der Waals surface area contributed by atoms with Gasteiger partial charge in [0.15, 0.2) is 22.5 Å². The molecule has 0 N–H and O–H groups in total. The minimum Gasteiger partial charge on any atom is -0.493 e. The van der Waals surface area contributed by atoms with E-state index in [0.29, 0.717) is 12.5 Å². The van der Waals surface area contributed by atoms with Crippen LogP contribution in [0.4, 0.5) is 4.39 Å². The topological polar surface area (TPSA) is 49.2 Å². The van der Waals surface area contributed by atoms with Gasteiger partial charge in [0.25, 0.3) is 0 Å². The first-order valence-corrected chi connectivity index (χ1v) is 13.7. The molecule has 2 fully saturated rings. The van der Waals surface area contributed by atoms with Crippen molar-refractivity contribution < 1.29 is 13.9 Å². The minimum absolute atomic E-state index is 0.190. The molecule has 0 aliphatic heterocycles. The molecule has 2 aliphatic rings. The van der Waals surface area contributed by atoms with E-state index < -0.39 is 0 Å². The molecule has 4 atom stereocenters. The molecule has 8 heteroatoms. The van der Waals surface area contributed by atoms with Crippen LogP contribution in [0.5, 0.6) is 11.5 Å². The van der Waals surface area contributed by atoms with Crippen molar-refractivity contribution in [3.63, 3.8) is 0 Å². The van der Waals surface area contributed by atoms with E-state index in [1.165, 1.54) is 31.7 Å². The highest BCUT2D eigenvalue weighted by atomic mass is 79.9. The summed E-state index contributed by atoms with van der Waals surface area (Å²) in [6.07, 6.45) is 5.32. The fourth-order valence-corrected chi connectivity index (χ4v) is 6.64. The molecule has 0 radical (unpaired) electrons. The van der Waals surface area contributed by atoms with Gasteiger partial charge < -0.3 is 9.47 Å². The summed E-state index contributed by atoms with van der Waals surface area (Å²) in [7, 11) is 0. The van der Waals surface area contributed by atoms with Gasteiger partial charge in [0.2, 0.25) is 0 Å². The largest absolute Gasteiger partial charge is 0.493 e. The van der Waals surface area contributed by atoms with Gasteiger partial charge in [-0.1, -0.05) is 46.2 Å². The summed E-state index contributed by atoms with van der Waals surface area (Å²) >= 11 is 5.09. The van der Waals surface area contributed by atoms with Crippen molar-refractivity contribution in [1.29, 1.82) is 0 Å². The summed E-state index contributed by atoms with van der Waals surface area (Å²) in [6, 6.07) is 14.6. The highest BCUT2D eigenvalue weighted by molar-refractivity contribution is 9.10. The third kappa shape index (κ3) is 5.28. The number of para-hydroxylation sites is 1. The zero-order valence-electron chi connectivity index (χ0n) is 19.2. The Morgan fingerprint density at radius 1 is 1.09 bits per heavy atom. The molecule has 2 aliphatic carbocycles. The number of ether oxygens (including phenoxy) is 2. The molecule has 3 aromatic rings. The highest BCUT2D eigenvalue weighted by Crippen LogP contribution is 2.52. The third-order valence-electron chi connectivity index (χ3n) is 7.15. The molecule has 0 amide bonds. The smallest absolute Gasteiger partial charge is 0.191 e. The normalized spacial score (nSPS) is 22.1. The third-order valence-corrected chi connectivity index (χ3v) is 8.58. The van der Waals surface area contributed by atoms with Gasteiger partial charge in [-0.2, -0.15) is 0 Å². The molecule has 2 bridgehead atoms. The summed E-state index contributed by atoms with van der Waals surface area (Å²) in [5.41, 5.74) is 0. The van der Waals surface area contributed by atoms with E-state index >= 15 is 0 Å². The first-order chi connectivity index (χ1) is 16.6. The maximum absolute atomic E-state index is 14.1. The predicted molar refractivity (Wildman–Crippen MR) is 135 cm³/mol. The number of thioether (sulfide) groups is 1. The lowest BCUT2D eigenvalue weighted by molar-refractivity contribution is 0.215. The van der Waals surface area contributed by atoms with Crippen molar-refractivity contribution in [1.82, 2.24) is 14.8 Å². The number of rotatable bonds is 10. The Morgan fingerprint density at radius 3 is 2.65 bits per heavy atom. The Hall–Kier alpha value is -2.06. The number of halogens is 2. The van der Waals surface area contributed by atoms with Gasteiger partial charge in [-0.05, 0) is 80.3 Å². The van der Waals surface area contributed by atoms with Crippen molar-refractivity contribution >= 4 is 27.7 Å². The van der Waals surface area contributed by atoms with Gasteiger partial charge in [0.1, 0.15) is 12.4 Å². The average Bonchev–Trinajstić information content (AvgIpc) is 3.58. The number of nitrogens with zero attached hydrogens (tertiary/aromatic N) is 3. The van der Waals surface area contributed by atoms with E-state index in [4.69, 9.17) is 9.47 Å². The van der Waals surface area contributed by atoms with E-state index in [-0.39, 0.29) is 24.2 Å². The summed E-state index contributed by atoms with van der Waals surface area (Å²) in [4.78, 5) is 0. The fourth-order valence-electron chi connectivity index (χ4n) is 5.52. The van der Waals surface area contributed by atoms with Crippen LogP contribution in [-0.2, 0) is 6.61 Å². The molecule has 1 aromatic heterocycles. The van der Waals surface area contributed by atoms with E-state index in [2.05, 4.69) is 37.6 Å². The molecule has 1 heterocycles. The van der Waals surface area contributed by atoms with Crippen molar-refractivity contribution in [3.05, 3.63) is 64.6 Å². The second-order valence-electron chi connectivity index (χ2n) is 9.22. The quantitative estimate of drug-likeness (QED) is 0.204. The standard InChI is InChI=1S/C26H29BrFN3O2S/c1-17(22-15-18-6-7-19(22)14-18)31-25(16-33-24-5-3-2-4-23(24)28)29-30-26(31)34-13-12-32-21-10-8-20(27)9-11-21/h2-5,8-11,17-19,22H,6-7,12-16H2,1H3/t17-,18+,19+,22+/m0/s1. The molecule has 180 valence electrons. The molecular weight excluding hydrogens is 517 g/mol. The van der Waals surface area contributed by atoms with Gasteiger partial charge in [0, 0.05) is 16.3 Å². The molecule has 5 rings (SSSR count). The zero-order chi connectivity index (χ0) is 23.5. The maximum Gasteiger partial charge on any atom is 0.191 e. The van der Waals surface area contributed by atoms with Crippen molar-refractivity contribution in [2.45, 2.75) is 50.4 Å². The second kappa shape index (κ2) is 10.7. The Kier molecular flexibility index (Phi) is 7.44. The Bertz CT molecular complexity index is 1110. The van der Waals surface area contributed by atoms with Crippen LogP contribution in [0, 0.1) is 23.6 Å². The highest BCUT2D eigenvalue weighted by Gasteiger charge is 2.43. The van der Waals surface area contributed by atoms with Crippen LogP contribution < -0.4 is 9.47 Å². The lowest BCUT2D eigenvalue weighted by atomic mass is 9.84. The van der Waals surface area contributed by atoms with Gasteiger partial charge >= 0.3 is 0 Å². The van der Waals surface area contributed by atoms with Crippen LogP contribution in [-0.4, -0.2) is 27.1 Å². The lowest BCUT2D eigenvalue weighted by Crippen LogP contribution is -2.24. The van der Waals surface area contributed by atoms with Crippen LogP contribution in [0.25, 0.3) is 0 Å². The summed E-state index contributed by atoms with van der Waals surface area (Å²) < 4.78 is 29.0. The molecule has 34 heavy (non-hydrogen) atoms. The van der Waals surface area contributed by atoms with E-state index in [1.54, 1.807) is 30.0 Å². The number of aromatic nitrogens is 3. The Morgan fingerprint density at radius 2 is 1.91 bits per heavy atom.